The van der Waals surface area contributed by atoms with Gasteiger partial charge in [0.2, 0.25) is 15.9 Å². The number of benzene rings is 2. The van der Waals surface area contributed by atoms with Crippen molar-refractivity contribution in [1.82, 2.24) is 5.32 Å². The molecule has 2 aromatic rings. The monoisotopic (exact) mass is 432 g/mol. The maximum absolute atomic E-state index is 12.4. The van der Waals surface area contributed by atoms with Gasteiger partial charge in [-0.3, -0.25) is 9.10 Å². The lowest BCUT2D eigenvalue weighted by molar-refractivity contribution is -0.119. The number of anilines is 1. The van der Waals surface area contributed by atoms with Crippen molar-refractivity contribution >= 4 is 21.6 Å². The molecule has 0 saturated heterocycles. The van der Waals surface area contributed by atoms with E-state index in [1.807, 2.05) is 30.3 Å². The highest BCUT2D eigenvalue weighted by Gasteiger charge is 2.21. The van der Waals surface area contributed by atoms with Gasteiger partial charge in [-0.05, 0) is 48.7 Å². The Bertz CT molecular complexity index is 883. The molecule has 6 nitrogen and oxygen atoms in total. The molecule has 0 saturated carbocycles. The van der Waals surface area contributed by atoms with Crippen LogP contribution in [0.25, 0.3) is 0 Å². The van der Waals surface area contributed by atoms with Crippen LogP contribution in [0.3, 0.4) is 0 Å². The molecule has 0 aliphatic heterocycles. The van der Waals surface area contributed by atoms with Gasteiger partial charge in [-0.25, -0.2) is 8.42 Å². The first-order chi connectivity index (χ1) is 14.3. The number of carbonyl (C=O) groups excluding carboxylic acids is 1. The standard InChI is InChI=1S/C23H32N2O4S/c1-4-6-10-19(5-2)17-24-23(26)18-25(30(3,27)28)20-13-15-22(16-14-20)29-21-11-8-7-9-12-21/h7-9,11-16,19H,4-6,10,17-18H2,1-3H3,(H,24,26). The van der Waals surface area contributed by atoms with E-state index in [9.17, 15) is 13.2 Å². The first-order valence-corrected chi connectivity index (χ1v) is 12.3. The zero-order chi connectivity index (χ0) is 22.0. The second-order valence-corrected chi connectivity index (χ2v) is 9.31. The van der Waals surface area contributed by atoms with Gasteiger partial charge in [0, 0.05) is 6.54 Å². The Hall–Kier alpha value is -2.54. The SMILES string of the molecule is CCCCC(CC)CNC(=O)CN(c1ccc(Oc2ccccc2)cc1)S(C)(=O)=O. The van der Waals surface area contributed by atoms with Gasteiger partial charge in [-0.1, -0.05) is 51.3 Å². The van der Waals surface area contributed by atoms with Gasteiger partial charge in [0.15, 0.2) is 0 Å². The molecule has 164 valence electrons. The molecule has 0 heterocycles. The van der Waals surface area contributed by atoms with Crippen molar-refractivity contribution in [2.75, 3.05) is 23.7 Å². The predicted molar refractivity (Wildman–Crippen MR) is 121 cm³/mol. The zero-order valence-corrected chi connectivity index (χ0v) is 18.8. The number of amides is 1. The number of rotatable bonds is 12. The van der Waals surface area contributed by atoms with Crippen LogP contribution in [0.4, 0.5) is 5.69 Å². The minimum Gasteiger partial charge on any atom is -0.457 e. The molecule has 0 fully saturated rings. The van der Waals surface area contributed by atoms with E-state index in [1.165, 1.54) is 0 Å². The Morgan fingerprint density at radius 2 is 1.67 bits per heavy atom. The summed E-state index contributed by atoms with van der Waals surface area (Å²) >= 11 is 0. The average molecular weight is 433 g/mol. The van der Waals surface area contributed by atoms with E-state index in [0.29, 0.717) is 29.6 Å². The maximum atomic E-state index is 12.4. The normalized spacial score (nSPS) is 12.2. The second-order valence-electron chi connectivity index (χ2n) is 7.40. The molecule has 0 bridgehead atoms. The number of carbonyl (C=O) groups is 1. The number of sulfonamides is 1. The molecule has 2 rings (SSSR count). The summed E-state index contributed by atoms with van der Waals surface area (Å²) in [7, 11) is -3.61. The lowest BCUT2D eigenvalue weighted by Gasteiger charge is -2.23. The molecule has 1 unspecified atom stereocenters. The van der Waals surface area contributed by atoms with Crippen molar-refractivity contribution in [1.29, 1.82) is 0 Å². The van der Waals surface area contributed by atoms with Crippen molar-refractivity contribution in [3.63, 3.8) is 0 Å². The van der Waals surface area contributed by atoms with Crippen LogP contribution in [-0.4, -0.2) is 33.7 Å². The molecule has 0 aromatic heterocycles. The van der Waals surface area contributed by atoms with E-state index in [-0.39, 0.29) is 12.5 Å². The number of nitrogens with zero attached hydrogens (tertiary/aromatic N) is 1. The molecule has 0 aliphatic rings. The van der Waals surface area contributed by atoms with Crippen LogP contribution >= 0.6 is 0 Å². The van der Waals surface area contributed by atoms with Gasteiger partial charge in [-0.15, -0.1) is 0 Å². The first kappa shape index (κ1) is 23.7. The van der Waals surface area contributed by atoms with Gasteiger partial charge >= 0.3 is 0 Å². The summed E-state index contributed by atoms with van der Waals surface area (Å²) in [6.45, 7) is 4.57. The van der Waals surface area contributed by atoms with Crippen molar-refractivity contribution in [3.05, 3.63) is 54.6 Å². The van der Waals surface area contributed by atoms with E-state index >= 15 is 0 Å². The quantitative estimate of drug-likeness (QED) is 0.533. The van der Waals surface area contributed by atoms with Gasteiger partial charge < -0.3 is 10.1 Å². The van der Waals surface area contributed by atoms with Crippen LogP contribution < -0.4 is 14.4 Å². The molecule has 1 amide bonds. The van der Waals surface area contributed by atoms with E-state index in [2.05, 4.69) is 19.2 Å². The smallest absolute Gasteiger partial charge is 0.240 e. The van der Waals surface area contributed by atoms with Crippen LogP contribution in [-0.2, 0) is 14.8 Å². The number of hydrogen-bond donors (Lipinski definition) is 1. The van der Waals surface area contributed by atoms with Crippen molar-refractivity contribution < 1.29 is 17.9 Å². The fourth-order valence-corrected chi connectivity index (χ4v) is 3.95. The van der Waals surface area contributed by atoms with Gasteiger partial charge in [0.25, 0.3) is 0 Å². The first-order valence-electron chi connectivity index (χ1n) is 10.4. The molecule has 2 aromatic carbocycles. The minimum atomic E-state index is -3.61. The van der Waals surface area contributed by atoms with E-state index in [1.54, 1.807) is 24.3 Å². The molecule has 0 radical (unpaired) electrons. The molecule has 0 aliphatic carbocycles. The number of hydrogen-bond acceptors (Lipinski definition) is 4. The molecule has 0 spiro atoms. The summed E-state index contributed by atoms with van der Waals surface area (Å²) < 4.78 is 31.4. The van der Waals surface area contributed by atoms with Gasteiger partial charge in [-0.2, -0.15) is 0 Å². The number of nitrogens with one attached hydrogen (secondary N) is 1. The zero-order valence-electron chi connectivity index (χ0n) is 18.0. The predicted octanol–water partition coefficient (Wildman–Crippen LogP) is 4.58. The maximum Gasteiger partial charge on any atom is 0.240 e. The molecular formula is C23H32N2O4S. The Morgan fingerprint density at radius 1 is 1.03 bits per heavy atom. The lowest BCUT2D eigenvalue weighted by atomic mass is 9.99. The van der Waals surface area contributed by atoms with Crippen LogP contribution in [0, 0.1) is 5.92 Å². The van der Waals surface area contributed by atoms with Gasteiger partial charge in [0.1, 0.15) is 18.0 Å². The fourth-order valence-electron chi connectivity index (χ4n) is 3.09. The molecular weight excluding hydrogens is 400 g/mol. The number of unbranched alkanes of at least 4 members (excludes halogenated alkanes) is 1. The Kier molecular flexibility index (Phi) is 9.17. The van der Waals surface area contributed by atoms with E-state index in [4.69, 9.17) is 4.74 Å². The fraction of sp³-hybridized carbons (Fsp3) is 0.435. The average Bonchev–Trinajstić information content (AvgIpc) is 2.73. The van der Waals surface area contributed by atoms with E-state index < -0.39 is 10.0 Å². The van der Waals surface area contributed by atoms with Crippen LogP contribution in [0.2, 0.25) is 0 Å². The molecule has 30 heavy (non-hydrogen) atoms. The van der Waals surface area contributed by atoms with Crippen molar-refractivity contribution in [2.45, 2.75) is 39.5 Å². The van der Waals surface area contributed by atoms with Crippen LogP contribution in [0.15, 0.2) is 54.6 Å². The number of ether oxygens (including phenoxy) is 1. The molecule has 1 atom stereocenters. The highest BCUT2D eigenvalue weighted by Crippen LogP contribution is 2.25. The van der Waals surface area contributed by atoms with E-state index in [0.717, 1.165) is 36.2 Å². The lowest BCUT2D eigenvalue weighted by Crippen LogP contribution is -2.41. The summed E-state index contributed by atoms with van der Waals surface area (Å²) in [6.07, 6.45) is 5.40. The topological polar surface area (TPSA) is 75.7 Å². The second kappa shape index (κ2) is 11.6. The molecule has 1 N–H and O–H groups in total. The van der Waals surface area contributed by atoms with Crippen molar-refractivity contribution in [2.24, 2.45) is 5.92 Å². The highest BCUT2D eigenvalue weighted by atomic mass is 32.2. The third kappa shape index (κ3) is 7.71. The van der Waals surface area contributed by atoms with Crippen LogP contribution in [0.5, 0.6) is 11.5 Å². The Labute approximate surface area is 180 Å². The van der Waals surface area contributed by atoms with Crippen LogP contribution in [0.1, 0.15) is 39.5 Å². The Morgan fingerprint density at radius 3 is 2.23 bits per heavy atom. The van der Waals surface area contributed by atoms with Crippen molar-refractivity contribution in [3.8, 4) is 11.5 Å². The Balaban J connectivity index is 2.02. The summed E-state index contributed by atoms with van der Waals surface area (Å²) in [6, 6.07) is 16.0. The summed E-state index contributed by atoms with van der Waals surface area (Å²) in [5.41, 5.74) is 0.422. The summed E-state index contributed by atoms with van der Waals surface area (Å²) in [4.78, 5) is 12.4. The molecule has 7 heteroatoms. The third-order valence-electron chi connectivity index (χ3n) is 4.92. The minimum absolute atomic E-state index is 0.248. The van der Waals surface area contributed by atoms with Gasteiger partial charge in [0.05, 0.1) is 11.9 Å². The third-order valence-corrected chi connectivity index (χ3v) is 6.06. The summed E-state index contributed by atoms with van der Waals surface area (Å²) in [5, 5.41) is 2.89. The summed E-state index contributed by atoms with van der Waals surface area (Å²) in [5.74, 6) is 1.39. The highest BCUT2D eigenvalue weighted by molar-refractivity contribution is 7.92. The largest absolute Gasteiger partial charge is 0.457 e. The number of para-hydroxylation sites is 1.